The van der Waals surface area contributed by atoms with E-state index < -0.39 is 4.92 Å². The lowest BCUT2D eigenvalue weighted by Crippen LogP contribution is -2.05. The maximum atomic E-state index is 11.7. The average Bonchev–Trinajstić information content (AvgIpc) is 2.63. The van der Waals surface area contributed by atoms with Gasteiger partial charge < -0.3 is 9.47 Å². The van der Waals surface area contributed by atoms with E-state index in [0.717, 1.165) is 38.5 Å². The molecule has 0 spiro atoms. The molecule has 150 valence electrons. The number of unbranched alkanes of at least 4 members (excludes halogenated alkanes) is 5. The molecule has 1 aromatic rings. The summed E-state index contributed by atoms with van der Waals surface area (Å²) in [4.78, 5) is 33.2. The molecule has 0 atom stereocenters. The van der Waals surface area contributed by atoms with Gasteiger partial charge in [0.25, 0.3) is 5.69 Å². The van der Waals surface area contributed by atoms with Crippen LogP contribution in [0.15, 0.2) is 18.2 Å². The van der Waals surface area contributed by atoms with Crippen molar-refractivity contribution < 1.29 is 24.0 Å². The summed E-state index contributed by atoms with van der Waals surface area (Å²) in [7, 11) is 0. The number of esters is 2. The van der Waals surface area contributed by atoms with Gasteiger partial charge in [-0.05, 0) is 31.4 Å². The molecule has 1 aromatic carbocycles. The molecule has 0 unspecified atom stereocenters. The Morgan fingerprint density at radius 2 is 1.56 bits per heavy atom. The molecule has 0 N–H and O–H groups in total. The summed E-state index contributed by atoms with van der Waals surface area (Å²) < 4.78 is 10.0. The van der Waals surface area contributed by atoms with E-state index >= 15 is 0 Å². The van der Waals surface area contributed by atoms with Gasteiger partial charge in [0.2, 0.25) is 0 Å². The first-order valence-corrected chi connectivity index (χ1v) is 9.56. The van der Waals surface area contributed by atoms with Crippen LogP contribution in [0.5, 0.6) is 0 Å². The number of halogens is 1. The van der Waals surface area contributed by atoms with Crippen molar-refractivity contribution in [3.8, 4) is 0 Å². The highest BCUT2D eigenvalue weighted by atomic mass is 35.5. The molecule has 7 nitrogen and oxygen atoms in total. The lowest BCUT2D eigenvalue weighted by atomic mass is 10.1. The highest BCUT2D eigenvalue weighted by Crippen LogP contribution is 2.25. The van der Waals surface area contributed by atoms with Crippen LogP contribution < -0.4 is 0 Å². The maximum absolute atomic E-state index is 11.7. The minimum absolute atomic E-state index is 0.00922. The van der Waals surface area contributed by atoms with E-state index in [0.29, 0.717) is 25.0 Å². The van der Waals surface area contributed by atoms with Crippen molar-refractivity contribution >= 4 is 29.2 Å². The minimum Gasteiger partial charge on any atom is -0.466 e. The quantitative estimate of drug-likeness (QED) is 0.201. The maximum Gasteiger partial charge on any atom is 0.306 e. The predicted octanol–water partition coefficient (Wildman–Crippen LogP) is 4.98. The van der Waals surface area contributed by atoms with E-state index in [2.05, 4.69) is 0 Å². The summed E-state index contributed by atoms with van der Waals surface area (Å²) in [6.45, 7) is 2.21. The molecule has 0 aliphatic carbocycles. The van der Waals surface area contributed by atoms with Gasteiger partial charge in [0.05, 0.1) is 11.5 Å². The fourth-order valence-electron chi connectivity index (χ4n) is 2.50. The number of nitrogens with zero attached hydrogens (tertiary/aromatic N) is 1. The standard InChI is InChI=1S/C19H26ClNO6/c1-2-26-18(22)9-7-5-3-4-6-8-10-19(23)27-14-15-11-12-16(20)17(13-15)21(24)25/h11-13H,2-10,14H2,1H3. The zero-order valence-corrected chi connectivity index (χ0v) is 16.3. The van der Waals surface area contributed by atoms with Crippen LogP contribution in [0.2, 0.25) is 5.02 Å². The normalized spacial score (nSPS) is 10.4. The first-order chi connectivity index (χ1) is 12.9. The smallest absolute Gasteiger partial charge is 0.306 e. The van der Waals surface area contributed by atoms with Crippen LogP contribution in [0.1, 0.15) is 63.9 Å². The van der Waals surface area contributed by atoms with Gasteiger partial charge in [-0.3, -0.25) is 19.7 Å². The second-order valence-corrected chi connectivity index (χ2v) is 6.54. The van der Waals surface area contributed by atoms with Crippen LogP contribution in [0.4, 0.5) is 5.69 Å². The zero-order valence-electron chi connectivity index (χ0n) is 15.6. The number of ether oxygens (including phenoxy) is 2. The molecule has 0 heterocycles. The van der Waals surface area contributed by atoms with E-state index in [1.807, 2.05) is 0 Å². The molecule has 0 saturated carbocycles. The van der Waals surface area contributed by atoms with Crippen LogP contribution in [-0.2, 0) is 25.7 Å². The second kappa shape index (κ2) is 13.1. The Balaban J connectivity index is 2.10. The van der Waals surface area contributed by atoms with E-state index in [1.165, 1.54) is 12.1 Å². The summed E-state index contributed by atoms with van der Waals surface area (Å²) in [6, 6.07) is 4.33. The first-order valence-electron chi connectivity index (χ1n) is 9.18. The number of hydrogen-bond donors (Lipinski definition) is 0. The number of benzene rings is 1. The molecule has 0 aromatic heterocycles. The van der Waals surface area contributed by atoms with Crippen molar-refractivity contribution in [1.29, 1.82) is 0 Å². The first kappa shape index (κ1) is 22.9. The third-order valence-corrected chi connectivity index (χ3v) is 4.24. The van der Waals surface area contributed by atoms with E-state index in [1.54, 1.807) is 13.0 Å². The second-order valence-electron chi connectivity index (χ2n) is 6.13. The number of carbonyl (C=O) groups is 2. The topological polar surface area (TPSA) is 95.7 Å². The number of hydrogen-bond acceptors (Lipinski definition) is 6. The third-order valence-electron chi connectivity index (χ3n) is 3.92. The molecule has 0 radical (unpaired) electrons. The van der Waals surface area contributed by atoms with Gasteiger partial charge in [0.15, 0.2) is 0 Å². The summed E-state index contributed by atoms with van der Waals surface area (Å²) >= 11 is 5.74. The van der Waals surface area contributed by atoms with Gasteiger partial charge in [-0.15, -0.1) is 0 Å². The van der Waals surface area contributed by atoms with E-state index in [-0.39, 0.29) is 29.3 Å². The van der Waals surface area contributed by atoms with Gasteiger partial charge in [-0.2, -0.15) is 0 Å². The van der Waals surface area contributed by atoms with Crippen molar-refractivity contribution in [2.45, 2.75) is 64.9 Å². The molecule has 0 aliphatic heterocycles. The third kappa shape index (κ3) is 9.94. The number of nitro benzene ring substituents is 1. The largest absolute Gasteiger partial charge is 0.466 e. The van der Waals surface area contributed by atoms with Crippen LogP contribution >= 0.6 is 11.6 Å². The van der Waals surface area contributed by atoms with Gasteiger partial charge in [-0.1, -0.05) is 43.4 Å². The summed E-state index contributed by atoms with van der Waals surface area (Å²) in [6.07, 6.45) is 6.25. The van der Waals surface area contributed by atoms with Crippen molar-refractivity contribution in [3.05, 3.63) is 38.9 Å². The molecule has 0 aliphatic rings. The summed E-state index contributed by atoms with van der Waals surface area (Å²) in [5, 5.41) is 10.9. The Bertz CT molecular complexity index is 635. The fraction of sp³-hybridized carbons (Fsp3) is 0.579. The van der Waals surface area contributed by atoms with Crippen LogP contribution in [0.3, 0.4) is 0 Å². The van der Waals surface area contributed by atoms with Crippen molar-refractivity contribution in [3.63, 3.8) is 0 Å². The van der Waals surface area contributed by atoms with Gasteiger partial charge in [0.1, 0.15) is 11.6 Å². The highest BCUT2D eigenvalue weighted by molar-refractivity contribution is 6.32. The fourth-order valence-corrected chi connectivity index (χ4v) is 2.69. The highest BCUT2D eigenvalue weighted by Gasteiger charge is 2.13. The van der Waals surface area contributed by atoms with Crippen molar-refractivity contribution in [2.24, 2.45) is 0 Å². The molecule has 8 heteroatoms. The van der Waals surface area contributed by atoms with Crippen molar-refractivity contribution in [1.82, 2.24) is 0 Å². The molecule has 0 bridgehead atoms. The Morgan fingerprint density at radius 1 is 1.00 bits per heavy atom. The molecule has 1 rings (SSSR count). The molecule has 0 saturated heterocycles. The van der Waals surface area contributed by atoms with Gasteiger partial charge >= 0.3 is 11.9 Å². The number of carbonyl (C=O) groups excluding carboxylic acids is 2. The molecule has 0 fully saturated rings. The van der Waals surface area contributed by atoms with Gasteiger partial charge in [-0.25, -0.2) is 0 Å². The molecular formula is C19H26ClNO6. The summed E-state index contributed by atoms with van der Waals surface area (Å²) in [5.74, 6) is -0.471. The monoisotopic (exact) mass is 399 g/mol. The summed E-state index contributed by atoms with van der Waals surface area (Å²) in [5.41, 5.74) is 0.328. The average molecular weight is 400 g/mol. The lowest BCUT2D eigenvalue weighted by Gasteiger charge is -2.06. The zero-order chi connectivity index (χ0) is 20.1. The van der Waals surface area contributed by atoms with Crippen LogP contribution in [0.25, 0.3) is 0 Å². The molecular weight excluding hydrogens is 374 g/mol. The van der Waals surface area contributed by atoms with Crippen molar-refractivity contribution in [2.75, 3.05) is 6.61 Å². The predicted molar refractivity (Wildman–Crippen MR) is 101 cm³/mol. The minimum atomic E-state index is -0.569. The Morgan fingerprint density at radius 3 is 2.11 bits per heavy atom. The Labute approximate surface area is 164 Å². The number of nitro groups is 1. The van der Waals surface area contributed by atoms with Crippen LogP contribution in [0, 0.1) is 10.1 Å². The SMILES string of the molecule is CCOC(=O)CCCCCCCCC(=O)OCc1ccc(Cl)c([N+](=O)[O-])c1. The molecule has 27 heavy (non-hydrogen) atoms. The lowest BCUT2D eigenvalue weighted by molar-refractivity contribution is -0.384. The van der Waals surface area contributed by atoms with Crippen LogP contribution in [-0.4, -0.2) is 23.5 Å². The Hall–Kier alpha value is -2.15. The molecule has 0 amide bonds. The van der Waals surface area contributed by atoms with E-state index in [4.69, 9.17) is 21.1 Å². The Kier molecular flexibility index (Phi) is 11.1. The van der Waals surface area contributed by atoms with E-state index in [9.17, 15) is 19.7 Å². The van der Waals surface area contributed by atoms with Gasteiger partial charge in [0, 0.05) is 18.9 Å². The number of rotatable bonds is 13.